The standard InChI is InChI=1S/C14H22O4/c1-3-11(2)8-17-9-13(16)10-18-14-6-4-5-12(15)7-14/h4-7,11,13,15-16H,3,8-10H2,1-2H3. The predicted octanol–water partition coefficient (Wildman–Crippen LogP) is 2.19. The van der Waals surface area contributed by atoms with Gasteiger partial charge in [-0.25, -0.2) is 0 Å². The van der Waals surface area contributed by atoms with Crippen molar-refractivity contribution in [3.05, 3.63) is 24.3 Å². The molecule has 2 atom stereocenters. The summed E-state index contributed by atoms with van der Waals surface area (Å²) in [6.45, 7) is 5.29. The van der Waals surface area contributed by atoms with Crippen molar-refractivity contribution in [2.75, 3.05) is 19.8 Å². The Labute approximate surface area is 108 Å². The molecule has 0 aliphatic heterocycles. The number of aromatic hydroxyl groups is 1. The number of hydrogen-bond acceptors (Lipinski definition) is 4. The minimum absolute atomic E-state index is 0.148. The van der Waals surface area contributed by atoms with Crippen LogP contribution in [0.2, 0.25) is 0 Å². The summed E-state index contributed by atoms with van der Waals surface area (Å²) in [4.78, 5) is 0. The van der Waals surface area contributed by atoms with Crippen LogP contribution in [-0.2, 0) is 4.74 Å². The molecule has 0 heterocycles. The minimum Gasteiger partial charge on any atom is -0.508 e. The number of ether oxygens (including phenoxy) is 2. The molecule has 0 aliphatic rings. The van der Waals surface area contributed by atoms with E-state index in [1.807, 2.05) is 0 Å². The van der Waals surface area contributed by atoms with Gasteiger partial charge in [0, 0.05) is 12.7 Å². The zero-order valence-electron chi connectivity index (χ0n) is 11.0. The molecular formula is C14H22O4. The van der Waals surface area contributed by atoms with Crippen molar-refractivity contribution in [2.24, 2.45) is 5.92 Å². The van der Waals surface area contributed by atoms with Crippen LogP contribution >= 0.6 is 0 Å². The van der Waals surface area contributed by atoms with E-state index >= 15 is 0 Å². The number of aliphatic hydroxyl groups is 1. The molecule has 1 aromatic rings. The largest absolute Gasteiger partial charge is 0.508 e. The third-order valence-electron chi connectivity index (χ3n) is 2.67. The second kappa shape index (κ2) is 7.95. The molecule has 4 nitrogen and oxygen atoms in total. The number of rotatable bonds is 8. The quantitative estimate of drug-likeness (QED) is 0.746. The average molecular weight is 254 g/mol. The zero-order chi connectivity index (χ0) is 13.4. The number of aliphatic hydroxyl groups excluding tert-OH is 1. The topological polar surface area (TPSA) is 58.9 Å². The number of benzene rings is 1. The maximum Gasteiger partial charge on any atom is 0.123 e. The Kier molecular flexibility index (Phi) is 6.54. The van der Waals surface area contributed by atoms with E-state index < -0.39 is 6.10 Å². The molecule has 0 aromatic heterocycles. The fraction of sp³-hybridized carbons (Fsp3) is 0.571. The summed E-state index contributed by atoms with van der Waals surface area (Å²) >= 11 is 0. The van der Waals surface area contributed by atoms with Crippen molar-refractivity contribution < 1.29 is 19.7 Å². The van der Waals surface area contributed by atoms with E-state index in [0.717, 1.165) is 6.42 Å². The van der Waals surface area contributed by atoms with Gasteiger partial charge >= 0.3 is 0 Å². The highest BCUT2D eigenvalue weighted by atomic mass is 16.5. The van der Waals surface area contributed by atoms with Crippen molar-refractivity contribution in [2.45, 2.75) is 26.4 Å². The Balaban J connectivity index is 2.19. The van der Waals surface area contributed by atoms with Crippen molar-refractivity contribution in [3.8, 4) is 11.5 Å². The molecule has 18 heavy (non-hydrogen) atoms. The highest BCUT2D eigenvalue weighted by Crippen LogP contribution is 2.17. The SMILES string of the molecule is CCC(C)COCC(O)COc1cccc(O)c1. The number of phenols is 1. The number of hydrogen-bond donors (Lipinski definition) is 2. The van der Waals surface area contributed by atoms with Crippen LogP contribution in [0.25, 0.3) is 0 Å². The van der Waals surface area contributed by atoms with Crippen LogP contribution in [0.1, 0.15) is 20.3 Å². The van der Waals surface area contributed by atoms with Gasteiger partial charge in [-0.1, -0.05) is 26.3 Å². The zero-order valence-corrected chi connectivity index (χ0v) is 11.0. The monoisotopic (exact) mass is 254 g/mol. The van der Waals surface area contributed by atoms with Gasteiger partial charge in [-0.2, -0.15) is 0 Å². The van der Waals surface area contributed by atoms with Crippen LogP contribution in [-0.4, -0.2) is 36.1 Å². The fourth-order valence-electron chi connectivity index (χ4n) is 1.34. The predicted molar refractivity (Wildman–Crippen MR) is 69.9 cm³/mol. The smallest absolute Gasteiger partial charge is 0.123 e. The van der Waals surface area contributed by atoms with Gasteiger partial charge < -0.3 is 19.7 Å². The molecule has 2 N–H and O–H groups in total. The Morgan fingerprint density at radius 3 is 2.67 bits per heavy atom. The third kappa shape index (κ3) is 5.89. The third-order valence-corrected chi connectivity index (χ3v) is 2.67. The van der Waals surface area contributed by atoms with Crippen LogP contribution in [0.15, 0.2) is 24.3 Å². The first-order valence-electron chi connectivity index (χ1n) is 6.29. The summed E-state index contributed by atoms with van der Waals surface area (Å²) < 4.78 is 10.7. The second-order valence-electron chi connectivity index (χ2n) is 4.51. The summed E-state index contributed by atoms with van der Waals surface area (Å²) in [6, 6.07) is 6.49. The summed E-state index contributed by atoms with van der Waals surface area (Å²) in [5, 5.41) is 18.9. The lowest BCUT2D eigenvalue weighted by molar-refractivity contribution is 0.00189. The van der Waals surface area contributed by atoms with Crippen LogP contribution < -0.4 is 4.74 Å². The van der Waals surface area contributed by atoms with Crippen molar-refractivity contribution in [1.82, 2.24) is 0 Å². The Morgan fingerprint density at radius 1 is 1.22 bits per heavy atom. The molecule has 0 saturated carbocycles. The van der Waals surface area contributed by atoms with Crippen LogP contribution in [0.3, 0.4) is 0 Å². The highest BCUT2D eigenvalue weighted by molar-refractivity contribution is 5.31. The van der Waals surface area contributed by atoms with E-state index in [4.69, 9.17) is 9.47 Å². The second-order valence-corrected chi connectivity index (χ2v) is 4.51. The Bertz CT molecular complexity index is 340. The van der Waals surface area contributed by atoms with Gasteiger partial charge in [0.1, 0.15) is 24.2 Å². The lowest BCUT2D eigenvalue weighted by atomic mass is 10.1. The van der Waals surface area contributed by atoms with Crippen molar-refractivity contribution in [3.63, 3.8) is 0 Å². The van der Waals surface area contributed by atoms with Crippen molar-refractivity contribution >= 4 is 0 Å². The molecule has 0 amide bonds. The fourth-order valence-corrected chi connectivity index (χ4v) is 1.34. The summed E-state index contributed by atoms with van der Waals surface area (Å²) in [5.74, 6) is 1.19. The van der Waals surface area contributed by atoms with Crippen LogP contribution in [0.4, 0.5) is 0 Å². The van der Waals surface area contributed by atoms with Gasteiger partial charge in [0.2, 0.25) is 0 Å². The molecule has 0 bridgehead atoms. The van der Waals surface area contributed by atoms with Gasteiger partial charge in [-0.15, -0.1) is 0 Å². The Hall–Kier alpha value is -1.26. The van der Waals surface area contributed by atoms with Gasteiger partial charge in [0.25, 0.3) is 0 Å². The Morgan fingerprint density at radius 2 is 2.00 bits per heavy atom. The summed E-state index contributed by atoms with van der Waals surface area (Å²) in [6.07, 6.45) is 0.409. The molecule has 4 heteroatoms. The molecular weight excluding hydrogens is 232 g/mol. The van der Waals surface area contributed by atoms with E-state index in [2.05, 4.69) is 13.8 Å². The molecule has 1 rings (SSSR count). The first-order chi connectivity index (χ1) is 8.61. The first kappa shape index (κ1) is 14.8. The van der Waals surface area contributed by atoms with Crippen LogP contribution in [0, 0.1) is 5.92 Å². The van der Waals surface area contributed by atoms with Gasteiger partial charge in [-0.05, 0) is 18.1 Å². The van der Waals surface area contributed by atoms with Gasteiger partial charge in [-0.3, -0.25) is 0 Å². The molecule has 0 saturated heterocycles. The van der Waals surface area contributed by atoms with Crippen molar-refractivity contribution in [1.29, 1.82) is 0 Å². The van der Waals surface area contributed by atoms with Gasteiger partial charge in [0.15, 0.2) is 0 Å². The normalized spacial score (nSPS) is 14.2. The molecule has 2 unspecified atom stereocenters. The van der Waals surface area contributed by atoms with E-state index in [1.54, 1.807) is 18.2 Å². The van der Waals surface area contributed by atoms with E-state index in [1.165, 1.54) is 6.07 Å². The summed E-state index contributed by atoms with van der Waals surface area (Å²) in [5.41, 5.74) is 0. The molecule has 0 aliphatic carbocycles. The number of phenolic OH excluding ortho intramolecular Hbond substituents is 1. The molecule has 0 spiro atoms. The molecule has 1 aromatic carbocycles. The van der Waals surface area contributed by atoms with E-state index in [9.17, 15) is 10.2 Å². The maximum absolute atomic E-state index is 9.65. The maximum atomic E-state index is 9.65. The lowest BCUT2D eigenvalue weighted by Gasteiger charge is -2.14. The van der Waals surface area contributed by atoms with Crippen LogP contribution in [0.5, 0.6) is 11.5 Å². The molecule has 102 valence electrons. The minimum atomic E-state index is -0.656. The van der Waals surface area contributed by atoms with Gasteiger partial charge in [0.05, 0.1) is 6.61 Å². The van der Waals surface area contributed by atoms with E-state index in [-0.39, 0.29) is 19.0 Å². The first-order valence-corrected chi connectivity index (χ1v) is 6.29. The average Bonchev–Trinajstić information content (AvgIpc) is 2.36. The summed E-state index contributed by atoms with van der Waals surface area (Å²) in [7, 11) is 0. The molecule has 0 radical (unpaired) electrons. The molecule has 0 fully saturated rings. The van der Waals surface area contributed by atoms with E-state index in [0.29, 0.717) is 18.3 Å². The highest BCUT2D eigenvalue weighted by Gasteiger charge is 2.07. The lowest BCUT2D eigenvalue weighted by Crippen LogP contribution is -2.24.